The van der Waals surface area contributed by atoms with Gasteiger partial charge in [0, 0.05) is 12.6 Å². The highest BCUT2D eigenvalue weighted by Gasteiger charge is 2.26. The van der Waals surface area contributed by atoms with Crippen LogP contribution in [-0.4, -0.2) is 14.5 Å². The van der Waals surface area contributed by atoms with Gasteiger partial charge in [0.15, 0.2) is 0 Å². The molecule has 0 bridgehead atoms. The zero-order chi connectivity index (χ0) is 13.2. The Hall–Kier alpha value is -0.910. The number of rotatable bonds is 4. The van der Waals surface area contributed by atoms with Crippen molar-refractivity contribution in [2.24, 2.45) is 11.7 Å². The summed E-state index contributed by atoms with van der Waals surface area (Å²) < 4.78 is 27.2. The van der Waals surface area contributed by atoms with Crippen LogP contribution in [0.15, 0.2) is 29.2 Å². The normalized spacial score (nSPS) is 24.3. The van der Waals surface area contributed by atoms with Gasteiger partial charge in [0.25, 0.3) is 0 Å². The molecule has 4 nitrogen and oxygen atoms in total. The van der Waals surface area contributed by atoms with Gasteiger partial charge in [0.05, 0.1) is 4.90 Å². The van der Waals surface area contributed by atoms with Crippen molar-refractivity contribution in [1.82, 2.24) is 4.72 Å². The van der Waals surface area contributed by atoms with Crippen molar-refractivity contribution >= 4 is 10.0 Å². The Morgan fingerprint density at radius 2 is 2.17 bits per heavy atom. The van der Waals surface area contributed by atoms with Crippen molar-refractivity contribution < 1.29 is 8.42 Å². The molecule has 3 N–H and O–H groups in total. The Morgan fingerprint density at radius 3 is 2.78 bits per heavy atom. The highest BCUT2D eigenvalue weighted by molar-refractivity contribution is 7.89. The molecule has 1 saturated carbocycles. The molecule has 1 fully saturated rings. The van der Waals surface area contributed by atoms with Gasteiger partial charge in [-0.3, -0.25) is 0 Å². The maximum Gasteiger partial charge on any atom is 0.240 e. The summed E-state index contributed by atoms with van der Waals surface area (Å²) in [6.45, 7) is 2.51. The van der Waals surface area contributed by atoms with E-state index in [0.29, 0.717) is 17.4 Å². The number of hydrogen-bond acceptors (Lipinski definition) is 3. The molecule has 0 aromatic heterocycles. The number of sulfonamides is 1. The van der Waals surface area contributed by atoms with Crippen LogP contribution < -0.4 is 10.5 Å². The molecule has 2 unspecified atom stereocenters. The van der Waals surface area contributed by atoms with Gasteiger partial charge in [-0.2, -0.15) is 0 Å². The first-order valence-corrected chi connectivity index (χ1v) is 7.81. The van der Waals surface area contributed by atoms with Crippen LogP contribution in [-0.2, 0) is 16.6 Å². The molecule has 1 aromatic carbocycles. The highest BCUT2D eigenvalue weighted by Crippen LogP contribution is 2.26. The predicted molar refractivity (Wildman–Crippen MR) is 71.5 cm³/mol. The number of benzene rings is 1. The van der Waals surface area contributed by atoms with Crippen LogP contribution in [0.2, 0.25) is 0 Å². The van der Waals surface area contributed by atoms with Gasteiger partial charge in [0.1, 0.15) is 0 Å². The van der Waals surface area contributed by atoms with E-state index < -0.39 is 10.0 Å². The standard InChI is InChI=1S/C13H20N2O2S/c1-10-5-6-12(7-10)15-18(16,17)13-4-2-3-11(8-13)9-14/h2-4,8,10,12,15H,5-7,9,14H2,1H3. The molecule has 2 rings (SSSR count). The zero-order valence-corrected chi connectivity index (χ0v) is 11.4. The maximum atomic E-state index is 12.2. The van der Waals surface area contributed by atoms with Gasteiger partial charge in [-0.05, 0) is 42.9 Å². The van der Waals surface area contributed by atoms with Crippen LogP contribution in [0.5, 0.6) is 0 Å². The van der Waals surface area contributed by atoms with Gasteiger partial charge in [-0.1, -0.05) is 19.1 Å². The van der Waals surface area contributed by atoms with E-state index in [-0.39, 0.29) is 6.04 Å². The summed E-state index contributed by atoms with van der Waals surface area (Å²) in [6.07, 6.45) is 2.95. The second-order valence-corrected chi connectivity index (χ2v) is 6.80. The summed E-state index contributed by atoms with van der Waals surface area (Å²) in [5, 5.41) is 0. The third-order valence-corrected chi connectivity index (χ3v) is 4.98. The smallest absolute Gasteiger partial charge is 0.240 e. The first-order valence-electron chi connectivity index (χ1n) is 6.32. The minimum absolute atomic E-state index is 0.0755. The molecule has 0 saturated heterocycles. The Labute approximate surface area is 109 Å². The molecule has 100 valence electrons. The van der Waals surface area contributed by atoms with Crippen molar-refractivity contribution in [2.45, 2.75) is 43.7 Å². The fourth-order valence-electron chi connectivity index (χ4n) is 2.44. The van der Waals surface area contributed by atoms with E-state index in [1.807, 2.05) is 6.07 Å². The molecule has 0 spiro atoms. The van der Waals surface area contributed by atoms with E-state index in [2.05, 4.69) is 11.6 Å². The molecular weight excluding hydrogens is 248 g/mol. The summed E-state index contributed by atoms with van der Waals surface area (Å²) in [4.78, 5) is 0.310. The maximum absolute atomic E-state index is 12.2. The summed E-state index contributed by atoms with van der Waals surface area (Å²) in [5.41, 5.74) is 6.36. The second-order valence-electron chi connectivity index (χ2n) is 5.09. The number of hydrogen-bond donors (Lipinski definition) is 2. The van der Waals surface area contributed by atoms with E-state index in [1.54, 1.807) is 18.2 Å². The quantitative estimate of drug-likeness (QED) is 0.871. The molecule has 0 aliphatic heterocycles. The minimum atomic E-state index is -3.41. The molecule has 0 heterocycles. The van der Waals surface area contributed by atoms with Crippen LogP contribution in [0.3, 0.4) is 0 Å². The first kappa shape index (κ1) is 13.5. The third kappa shape index (κ3) is 3.10. The molecule has 2 atom stereocenters. The predicted octanol–water partition coefficient (Wildman–Crippen LogP) is 1.61. The Morgan fingerprint density at radius 1 is 1.39 bits per heavy atom. The first-order chi connectivity index (χ1) is 8.51. The summed E-state index contributed by atoms with van der Waals surface area (Å²) >= 11 is 0. The minimum Gasteiger partial charge on any atom is -0.326 e. The Balaban J connectivity index is 2.14. The Bertz CT molecular complexity index is 513. The van der Waals surface area contributed by atoms with Gasteiger partial charge in [0.2, 0.25) is 10.0 Å². The lowest BCUT2D eigenvalue weighted by Crippen LogP contribution is -2.33. The van der Waals surface area contributed by atoms with Crippen LogP contribution in [0, 0.1) is 5.92 Å². The van der Waals surface area contributed by atoms with E-state index in [4.69, 9.17) is 5.73 Å². The van der Waals surface area contributed by atoms with Gasteiger partial charge < -0.3 is 5.73 Å². The Kier molecular flexibility index (Phi) is 4.04. The fraction of sp³-hybridized carbons (Fsp3) is 0.538. The molecule has 0 amide bonds. The van der Waals surface area contributed by atoms with Crippen LogP contribution in [0.25, 0.3) is 0 Å². The van der Waals surface area contributed by atoms with E-state index in [1.165, 1.54) is 0 Å². The molecule has 0 radical (unpaired) electrons. The monoisotopic (exact) mass is 268 g/mol. The lowest BCUT2D eigenvalue weighted by atomic mass is 10.1. The van der Waals surface area contributed by atoms with Crippen molar-refractivity contribution in [3.63, 3.8) is 0 Å². The average molecular weight is 268 g/mol. The van der Waals surface area contributed by atoms with Crippen LogP contribution in [0.4, 0.5) is 0 Å². The van der Waals surface area contributed by atoms with E-state index in [9.17, 15) is 8.42 Å². The zero-order valence-electron chi connectivity index (χ0n) is 10.6. The van der Waals surface area contributed by atoms with Crippen molar-refractivity contribution in [3.8, 4) is 0 Å². The van der Waals surface area contributed by atoms with Crippen molar-refractivity contribution in [2.75, 3.05) is 0 Å². The van der Waals surface area contributed by atoms with Crippen LogP contribution in [0.1, 0.15) is 31.7 Å². The lowest BCUT2D eigenvalue weighted by Gasteiger charge is -2.13. The largest absolute Gasteiger partial charge is 0.326 e. The topological polar surface area (TPSA) is 72.2 Å². The molecule has 1 aliphatic carbocycles. The van der Waals surface area contributed by atoms with Crippen molar-refractivity contribution in [3.05, 3.63) is 29.8 Å². The molecular formula is C13H20N2O2S. The van der Waals surface area contributed by atoms with Crippen LogP contribution >= 0.6 is 0 Å². The lowest BCUT2D eigenvalue weighted by molar-refractivity contribution is 0.538. The average Bonchev–Trinajstić information content (AvgIpc) is 2.74. The molecule has 5 heteroatoms. The fourth-order valence-corrected chi connectivity index (χ4v) is 3.79. The van der Waals surface area contributed by atoms with E-state index >= 15 is 0 Å². The molecule has 1 aliphatic rings. The number of nitrogens with two attached hydrogens (primary N) is 1. The highest BCUT2D eigenvalue weighted by atomic mass is 32.2. The van der Waals surface area contributed by atoms with E-state index in [0.717, 1.165) is 24.8 Å². The van der Waals surface area contributed by atoms with Gasteiger partial charge in [-0.25, -0.2) is 13.1 Å². The molecule has 1 aromatic rings. The second kappa shape index (κ2) is 5.38. The van der Waals surface area contributed by atoms with Gasteiger partial charge in [-0.15, -0.1) is 0 Å². The SMILES string of the molecule is CC1CCC(NS(=O)(=O)c2cccc(CN)c2)C1. The summed E-state index contributed by atoms with van der Waals surface area (Å²) in [7, 11) is -3.41. The summed E-state index contributed by atoms with van der Waals surface area (Å²) in [5.74, 6) is 0.605. The van der Waals surface area contributed by atoms with Crippen molar-refractivity contribution in [1.29, 1.82) is 0 Å². The molecule has 18 heavy (non-hydrogen) atoms. The summed E-state index contributed by atoms with van der Waals surface area (Å²) in [6, 6.07) is 6.89. The van der Waals surface area contributed by atoms with Gasteiger partial charge >= 0.3 is 0 Å². The third-order valence-electron chi connectivity index (χ3n) is 3.46. The number of nitrogens with one attached hydrogen (secondary N) is 1.